The quantitative estimate of drug-likeness (QED) is 0.0947. The van der Waals surface area contributed by atoms with Gasteiger partial charge in [-0.15, -0.1) is 93.9 Å². The van der Waals surface area contributed by atoms with E-state index >= 15 is 0 Å². The van der Waals surface area contributed by atoms with Gasteiger partial charge in [0.2, 0.25) is 0 Å². The SMILES string of the molecule is CCC(C)c1ccc(-c2cccc3[cH-]c(CC4C5CC6CC(C5)CC4C6)cc23)cc1.CCC(C)c1ccc(-c2cccc3[cH-]c(CC4C5CC6CC(C5)CC4C6)cc23)cc1.Cl.Cl.[CH2-]CC(F)(F)F.[CH3-].[Si]=[Zr]. The van der Waals surface area contributed by atoms with E-state index in [0.29, 0.717) is 11.8 Å². The van der Waals surface area contributed by atoms with Crippen LogP contribution in [0.4, 0.5) is 13.2 Å². The van der Waals surface area contributed by atoms with Crippen LogP contribution in [0.5, 0.6) is 0 Å². The molecule has 2 radical (unpaired) electrons. The number of hydrogen-bond acceptors (Lipinski definition) is 0. The first-order valence-electron chi connectivity index (χ1n) is 26.6. The fraction of sp³-hybridized carbons (Fsp3) is 0.500. The van der Waals surface area contributed by atoms with Crippen molar-refractivity contribution in [3.63, 3.8) is 0 Å². The van der Waals surface area contributed by atoms with Gasteiger partial charge < -0.3 is 14.4 Å². The van der Waals surface area contributed by atoms with E-state index in [1.807, 2.05) is 0 Å². The number of benzene rings is 4. The summed E-state index contributed by atoms with van der Waals surface area (Å²) in [4.78, 5) is 0. The van der Waals surface area contributed by atoms with Crippen LogP contribution in [0, 0.1) is 73.5 Å². The van der Waals surface area contributed by atoms with Crippen molar-refractivity contribution in [3.05, 3.63) is 146 Å². The summed E-state index contributed by atoms with van der Waals surface area (Å²) in [7, 11) is 0. The molecule has 8 aliphatic carbocycles. The second-order valence-electron chi connectivity index (χ2n) is 22.7. The number of fused-ring (bicyclic) bond motifs is 2. The minimum absolute atomic E-state index is 0. The van der Waals surface area contributed by atoms with Crippen LogP contribution in [0.1, 0.15) is 145 Å². The number of rotatable bonds is 10. The van der Waals surface area contributed by atoms with Crippen LogP contribution < -0.4 is 0 Å². The van der Waals surface area contributed by atoms with E-state index in [9.17, 15) is 13.2 Å². The summed E-state index contributed by atoms with van der Waals surface area (Å²) in [6.45, 7) is 14.9. The van der Waals surface area contributed by atoms with Crippen molar-refractivity contribution in [2.75, 3.05) is 0 Å². The molecule has 8 saturated carbocycles. The molecule has 2 atom stereocenters. The second kappa shape index (κ2) is 25.4. The molecule has 0 spiro atoms. The molecule has 0 amide bonds. The number of hydrogen-bond donors (Lipinski definition) is 0. The number of halogens is 5. The fourth-order valence-electron chi connectivity index (χ4n) is 15.1. The Kier molecular flexibility index (Phi) is 20.7. The van der Waals surface area contributed by atoms with Gasteiger partial charge in [0.25, 0.3) is 0 Å². The molecule has 0 saturated heterocycles. The maximum absolute atomic E-state index is 10.7. The van der Waals surface area contributed by atoms with Crippen LogP contribution in [0.15, 0.2) is 109 Å². The van der Waals surface area contributed by atoms with Crippen molar-refractivity contribution in [1.29, 1.82) is 0 Å². The van der Waals surface area contributed by atoms with Crippen molar-refractivity contribution in [3.8, 4) is 22.3 Å². The molecule has 71 heavy (non-hydrogen) atoms. The summed E-state index contributed by atoms with van der Waals surface area (Å²) < 4.78 is 32.2. The molecule has 6 aromatic rings. The average Bonchev–Trinajstić information content (AvgIpc) is 3.97. The topological polar surface area (TPSA) is 0 Å². The summed E-state index contributed by atoms with van der Waals surface area (Å²) in [6.07, 6.45) is 15.4. The molecule has 14 rings (SSSR count). The summed E-state index contributed by atoms with van der Waals surface area (Å²) in [6, 6.07) is 42.5. The molecular formula is C64H79Cl2F3SiZr-4. The fourth-order valence-corrected chi connectivity index (χ4v) is 15.1. The molecular weight excluding hydrogens is 1020 g/mol. The van der Waals surface area contributed by atoms with Crippen LogP contribution >= 0.6 is 24.8 Å². The molecule has 0 N–H and O–H groups in total. The zero-order chi connectivity index (χ0) is 47.7. The molecule has 6 aromatic carbocycles. The molecule has 0 aliphatic heterocycles. The van der Waals surface area contributed by atoms with Crippen LogP contribution in [0.25, 0.3) is 43.8 Å². The molecule has 8 bridgehead atoms. The maximum atomic E-state index is 10.7. The first-order valence-corrected chi connectivity index (χ1v) is 30.8. The van der Waals surface area contributed by atoms with Crippen LogP contribution in [0.3, 0.4) is 0 Å². The monoisotopic (exact) mass is 1090 g/mol. The van der Waals surface area contributed by atoms with E-state index in [-0.39, 0.29) is 32.2 Å². The Morgan fingerprint density at radius 1 is 0.549 bits per heavy atom. The Labute approximate surface area is 455 Å². The third kappa shape index (κ3) is 13.2. The summed E-state index contributed by atoms with van der Waals surface area (Å²) >= 11 is 1.36. The van der Waals surface area contributed by atoms with E-state index in [1.165, 1.54) is 155 Å². The van der Waals surface area contributed by atoms with Gasteiger partial charge in [0.15, 0.2) is 0 Å². The molecule has 8 fully saturated rings. The van der Waals surface area contributed by atoms with E-state index in [0.717, 1.165) is 59.2 Å². The van der Waals surface area contributed by atoms with Crippen molar-refractivity contribution in [2.45, 2.75) is 142 Å². The number of alkyl halides is 3. The average molecular weight is 1100 g/mol. The molecule has 382 valence electrons. The van der Waals surface area contributed by atoms with E-state index < -0.39 is 12.6 Å². The Balaban J connectivity index is 0.000000195. The predicted molar refractivity (Wildman–Crippen MR) is 299 cm³/mol. The third-order valence-electron chi connectivity index (χ3n) is 18.5. The summed E-state index contributed by atoms with van der Waals surface area (Å²) in [5.41, 5.74) is 11.6. The van der Waals surface area contributed by atoms with Gasteiger partial charge in [0.05, 0.1) is 0 Å². The van der Waals surface area contributed by atoms with E-state index in [1.54, 1.807) is 24.0 Å². The molecule has 8 aliphatic rings. The van der Waals surface area contributed by atoms with Crippen molar-refractivity contribution >= 4 is 53.2 Å². The van der Waals surface area contributed by atoms with Crippen molar-refractivity contribution in [1.82, 2.24) is 0 Å². The molecule has 0 aromatic heterocycles. The van der Waals surface area contributed by atoms with Crippen LogP contribution in [-0.2, 0) is 36.2 Å². The Morgan fingerprint density at radius 3 is 1.14 bits per heavy atom. The van der Waals surface area contributed by atoms with Gasteiger partial charge in [-0.05, 0) is 183 Å². The van der Waals surface area contributed by atoms with Crippen molar-refractivity contribution in [2.24, 2.45) is 59.2 Å². The molecule has 7 heteroatoms. The zero-order valence-corrected chi connectivity index (χ0v) is 48.2. The summed E-state index contributed by atoms with van der Waals surface area (Å²) in [5, 5.41) is 5.76. The molecule has 0 nitrogen and oxygen atoms in total. The Bertz CT molecular complexity index is 2360. The third-order valence-corrected chi connectivity index (χ3v) is 18.5. The molecule has 2 unspecified atom stereocenters. The van der Waals surface area contributed by atoms with Gasteiger partial charge in [-0.1, -0.05) is 106 Å². The zero-order valence-electron chi connectivity index (χ0n) is 43.1. The Morgan fingerprint density at radius 2 is 0.859 bits per heavy atom. The first-order chi connectivity index (χ1) is 32.9. The molecule has 0 heterocycles. The van der Waals surface area contributed by atoms with E-state index in [4.69, 9.17) is 0 Å². The van der Waals surface area contributed by atoms with Gasteiger partial charge in [-0.3, -0.25) is 0 Å². The first kappa shape index (κ1) is 57.8. The van der Waals surface area contributed by atoms with Gasteiger partial charge in [0.1, 0.15) is 0 Å². The Hall–Kier alpha value is -2.43. The van der Waals surface area contributed by atoms with Crippen molar-refractivity contribution < 1.29 is 36.5 Å². The van der Waals surface area contributed by atoms with Crippen LogP contribution in [-0.4, -0.2) is 13.1 Å². The summed E-state index contributed by atoms with van der Waals surface area (Å²) in [5.74, 6) is 11.6. The van der Waals surface area contributed by atoms with Gasteiger partial charge >= 0.3 is 36.4 Å². The second-order valence-corrected chi connectivity index (χ2v) is 22.7. The minimum atomic E-state index is -4.07. The van der Waals surface area contributed by atoms with Crippen LogP contribution in [0.2, 0.25) is 0 Å². The normalized spacial score (nSPS) is 27.1. The predicted octanol–water partition coefficient (Wildman–Crippen LogP) is 19.4. The van der Waals surface area contributed by atoms with Gasteiger partial charge in [-0.25, -0.2) is 0 Å². The van der Waals surface area contributed by atoms with Gasteiger partial charge in [0, 0.05) is 0 Å². The van der Waals surface area contributed by atoms with E-state index in [2.05, 4.69) is 151 Å². The standard InChI is InChI=1S/2C30H35.C3H4F3.CH3.2ClH.Si.Zr/c2*1-3-19(2)23-7-9-24(10-8-23)28-6-4-5-25-12-22(18-30(25)28)17-29-26-13-20-11-21(15-26)16-27(29)14-20;1-2-3(4,5)6;;;;;/h2*4-10,12,18-21,26-27,29H,3,11,13-17H2,1-2H3;1-2H2;1H3;2*1H;;/q4*-1;;;;. The van der Waals surface area contributed by atoms with Gasteiger partial charge in [-0.2, -0.15) is 25.3 Å².